The minimum absolute atomic E-state index is 0.502. The fraction of sp³-hybridized carbons (Fsp3) is 0.714. The van der Waals surface area contributed by atoms with Crippen LogP contribution in [0.2, 0.25) is 0 Å². The maximum absolute atomic E-state index is 5.27. The van der Waals surface area contributed by atoms with E-state index in [1.807, 2.05) is 0 Å². The van der Waals surface area contributed by atoms with Crippen LogP contribution in [0.25, 0.3) is 0 Å². The molecule has 0 atom stereocenters. The monoisotopic (exact) mass is 262 g/mol. The first-order valence-electron chi connectivity index (χ1n) is 7.28. The summed E-state index contributed by atoms with van der Waals surface area (Å²) in [6.07, 6.45) is 6.22. The Balaban J connectivity index is 1.97. The van der Waals surface area contributed by atoms with Crippen molar-refractivity contribution in [1.82, 2.24) is 15.3 Å². The number of nitrogens with zero attached hydrogens (tertiary/aromatic N) is 3. The molecule has 0 bridgehead atoms. The topological polar surface area (TPSA) is 50.3 Å². The number of aromatic nitrogens is 2. The van der Waals surface area contributed by atoms with Gasteiger partial charge in [0.15, 0.2) is 0 Å². The lowest BCUT2D eigenvalue weighted by atomic mass is 10.1. The quantitative estimate of drug-likeness (QED) is 0.875. The number of methoxy groups -OCH3 is 1. The normalized spacial score (nSPS) is 19.7. The predicted octanol–water partition coefficient (Wildman–Crippen LogP) is 1.51. The lowest BCUT2D eigenvalue weighted by molar-refractivity contribution is 0.375. The van der Waals surface area contributed by atoms with Gasteiger partial charge in [-0.25, -0.2) is 0 Å². The Morgan fingerprint density at radius 1 is 1.11 bits per heavy atom. The molecular weight excluding hydrogens is 240 g/mol. The summed E-state index contributed by atoms with van der Waals surface area (Å²) in [7, 11) is 1.64. The minimum atomic E-state index is 0.502. The number of hydrogen-bond acceptors (Lipinski definition) is 5. The Bertz CT molecular complexity index is 441. The van der Waals surface area contributed by atoms with Gasteiger partial charge in [0.25, 0.3) is 0 Å². The molecule has 19 heavy (non-hydrogen) atoms. The van der Waals surface area contributed by atoms with Crippen LogP contribution in [-0.2, 0) is 13.0 Å². The van der Waals surface area contributed by atoms with E-state index in [0.717, 1.165) is 44.1 Å². The van der Waals surface area contributed by atoms with Gasteiger partial charge in [-0.1, -0.05) is 12.8 Å². The van der Waals surface area contributed by atoms with E-state index in [0.29, 0.717) is 6.01 Å². The van der Waals surface area contributed by atoms with Crippen LogP contribution in [0.3, 0.4) is 0 Å². The first kappa shape index (κ1) is 12.7. The van der Waals surface area contributed by atoms with E-state index in [1.54, 1.807) is 7.11 Å². The molecule has 0 amide bonds. The van der Waals surface area contributed by atoms with E-state index in [2.05, 4.69) is 20.2 Å². The van der Waals surface area contributed by atoms with Crippen LogP contribution in [0, 0.1) is 0 Å². The van der Waals surface area contributed by atoms with Crippen molar-refractivity contribution in [2.24, 2.45) is 0 Å². The summed E-state index contributed by atoms with van der Waals surface area (Å²) in [5.41, 5.74) is 2.43. The van der Waals surface area contributed by atoms with Gasteiger partial charge in [-0.3, -0.25) is 0 Å². The number of hydrogen-bond donors (Lipinski definition) is 1. The smallest absolute Gasteiger partial charge is 0.318 e. The summed E-state index contributed by atoms with van der Waals surface area (Å²) in [6.45, 7) is 4.07. The summed E-state index contributed by atoms with van der Waals surface area (Å²) in [6, 6.07) is 0.502. The third-order valence-electron chi connectivity index (χ3n) is 3.98. The van der Waals surface area contributed by atoms with E-state index in [9.17, 15) is 0 Å². The van der Waals surface area contributed by atoms with Crippen molar-refractivity contribution >= 4 is 5.82 Å². The van der Waals surface area contributed by atoms with Crippen LogP contribution in [0.5, 0.6) is 6.01 Å². The molecule has 0 unspecified atom stereocenters. The highest BCUT2D eigenvalue weighted by molar-refractivity contribution is 5.51. The van der Waals surface area contributed by atoms with Gasteiger partial charge in [-0.2, -0.15) is 9.97 Å². The largest absolute Gasteiger partial charge is 0.467 e. The van der Waals surface area contributed by atoms with Crippen molar-refractivity contribution < 1.29 is 4.74 Å². The van der Waals surface area contributed by atoms with Crippen LogP contribution in [0.1, 0.15) is 36.9 Å². The molecule has 2 aliphatic rings. The van der Waals surface area contributed by atoms with Crippen molar-refractivity contribution in [3.05, 3.63) is 11.3 Å². The van der Waals surface area contributed by atoms with Gasteiger partial charge in [0.05, 0.1) is 12.8 Å². The molecule has 1 aromatic heterocycles. The van der Waals surface area contributed by atoms with Gasteiger partial charge in [0.2, 0.25) is 0 Å². The van der Waals surface area contributed by atoms with Gasteiger partial charge in [-0.15, -0.1) is 0 Å². The number of nitrogens with one attached hydrogen (secondary N) is 1. The number of fused-ring (bicyclic) bond motifs is 1. The van der Waals surface area contributed by atoms with E-state index in [1.165, 1.54) is 31.2 Å². The molecule has 1 N–H and O–H groups in total. The summed E-state index contributed by atoms with van der Waals surface area (Å²) >= 11 is 0. The molecule has 2 aliphatic heterocycles. The zero-order valence-corrected chi connectivity index (χ0v) is 11.6. The number of anilines is 1. The Labute approximate surface area is 114 Å². The molecule has 0 aliphatic carbocycles. The molecule has 0 aromatic carbocycles. The average molecular weight is 262 g/mol. The van der Waals surface area contributed by atoms with Gasteiger partial charge >= 0.3 is 6.01 Å². The second-order valence-electron chi connectivity index (χ2n) is 5.29. The van der Waals surface area contributed by atoms with Crippen molar-refractivity contribution in [1.29, 1.82) is 0 Å². The molecule has 0 radical (unpaired) electrons. The molecule has 1 fully saturated rings. The summed E-state index contributed by atoms with van der Waals surface area (Å²) in [5.74, 6) is 1.12. The van der Waals surface area contributed by atoms with Crippen molar-refractivity contribution in [2.75, 3.05) is 31.6 Å². The highest BCUT2D eigenvalue weighted by Gasteiger charge is 2.22. The first-order chi connectivity index (χ1) is 9.38. The van der Waals surface area contributed by atoms with Crippen molar-refractivity contribution in [3.63, 3.8) is 0 Å². The highest BCUT2D eigenvalue weighted by atomic mass is 16.5. The average Bonchev–Trinajstić information content (AvgIpc) is 2.75. The van der Waals surface area contributed by atoms with Crippen molar-refractivity contribution in [3.8, 4) is 6.01 Å². The lowest BCUT2D eigenvalue weighted by Gasteiger charge is -2.27. The van der Waals surface area contributed by atoms with Crippen molar-refractivity contribution in [2.45, 2.75) is 38.6 Å². The van der Waals surface area contributed by atoms with Gasteiger partial charge < -0.3 is 15.0 Å². The molecular formula is C14H22N4O. The lowest BCUT2D eigenvalue weighted by Crippen LogP contribution is -2.31. The fourth-order valence-corrected chi connectivity index (χ4v) is 2.95. The molecule has 0 spiro atoms. The van der Waals surface area contributed by atoms with Crippen LogP contribution in [-0.4, -0.2) is 36.7 Å². The third kappa shape index (κ3) is 2.66. The molecule has 5 nitrogen and oxygen atoms in total. The molecule has 0 saturated carbocycles. The fourth-order valence-electron chi connectivity index (χ4n) is 2.95. The minimum Gasteiger partial charge on any atom is -0.467 e. The predicted molar refractivity (Wildman–Crippen MR) is 74.7 cm³/mol. The second-order valence-corrected chi connectivity index (χ2v) is 5.29. The summed E-state index contributed by atoms with van der Waals surface area (Å²) < 4.78 is 5.27. The third-order valence-corrected chi connectivity index (χ3v) is 3.98. The maximum atomic E-state index is 5.27. The zero-order chi connectivity index (χ0) is 13.1. The molecule has 1 aromatic rings. The van der Waals surface area contributed by atoms with Crippen LogP contribution >= 0.6 is 0 Å². The van der Waals surface area contributed by atoms with Crippen LogP contribution in [0.15, 0.2) is 0 Å². The second kappa shape index (κ2) is 5.74. The Morgan fingerprint density at radius 2 is 1.89 bits per heavy atom. The van der Waals surface area contributed by atoms with E-state index in [4.69, 9.17) is 4.74 Å². The van der Waals surface area contributed by atoms with Gasteiger partial charge in [-0.05, 0) is 25.8 Å². The Morgan fingerprint density at radius 3 is 2.63 bits per heavy atom. The summed E-state index contributed by atoms with van der Waals surface area (Å²) in [5, 5.41) is 3.37. The van der Waals surface area contributed by atoms with Gasteiger partial charge in [0.1, 0.15) is 5.82 Å². The van der Waals surface area contributed by atoms with E-state index >= 15 is 0 Å². The Hall–Kier alpha value is -1.36. The zero-order valence-electron chi connectivity index (χ0n) is 11.6. The van der Waals surface area contributed by atoms with Crippen LogP contribution < -0.4 is 15.0 Å². The molecule has 104 valence electrons. The Kier molecular flexibility index (Phi) is 3.82. The molecule has 1 saturated heterocycles. The standard InChI is InChI=1S/C14H22N4O/c1-19-14-16-12-10-15-7-6-11(12)13(17-14)18-8-4-2-3-5-9-18/h15H,2-10H2,1H3. The number of rotatable bonds is 2. The summed E-state index contributed by atoms with van der Waals surface area (Å²) in [4.78, 5) is 11.6. The van der Waals surface area contributed by atoms with E-state index in [-0.39, 0.29) is 0 Å². The highest BCUT2D eigenvalue weighted by Crippen LogP contribution is 2.27. The maximum Gasteiger partial charge on any atom is 0.318 e. The molecule has 5 heteroatoms. The molecule has 3 rings (SSSR count). The van der Waals surface area contributed by atoms with E-state index < -0.39 is 0 Å². The van der Waals surface area contributed by atoms with Gasteiger partial charge in [0, 0.05) is 25.2 Å². The first-order valence-corrected chi connectivity index (χ1v) is 7.28. The number of ether oxygens (including phenoxy) is 1. The van der Waals surface area contributed by atoms with Crippen LogP contribution in [0.4, 0.5) is 5.82 Å². The molecule has 3 heterocycles. The SMILES string of the molecule is COc1nc2c(c(N3CCCCCC3)n1)CCNC2.